The molecule has 0 saturated heterocycles. The zero-order valence-electron chi connectivity index (χ0n) is 19.0. The first kappa shape index (κ1) is 24.9. The Kier molecular flexibility index (Phi) is 9.40. The number of benzene rings is 3. The van der Waals surface area contributed by atoms with Crippen molar-refractivity contribution in [2.45, 2.75) is 37.2 Å². The van der Waals surface area contributed by atoms with E-state index in [0.717, 1.165) is 21.6 Å². The SMILES string of the molecule is CNC(=O)C(Cc1ccccc1)N(Cc1ccc(C)cc1)C(=O)CCSc1ccc(Cl)cc1. The van der Waals surface area contributed by atoms with Gasteiger partial charge in [0.25, 0.3) is 0 Å². The molecule has 0 aliphatic rings. The second-order valence-corrected chi connectivity index (χ2v) is 9.48. The quantitative estimate of drug-likeness (QED) is 0.389. The molecule has 3 aromatic carbocycles. The van der Waals surface area contributed by atoms with Crippen molar-refractivity contribution in [2.75, 3.05) is 12.8 Å². The topological polar surface area (TPSA) is 49.4 Å². The second kappa shape index (κ2) is 12.5. The van der Waals surface area contributed by atoms with Gasteiger partial charge in [-0.15, -0.1) is 11.8 Å². The Morgan fingerprint density at radius 3 is 2.24 bits per heavy atom. The van der Waals surface area contributed by atoms with E-state index in [1.54, 1.807) is 23.7 Å². The fourth-order valence-electron chi connectivity index (χ4n) is 3.54. The molecule has 0 radical (unpaired) electrons. The van der Waals surface area contributed by atoms with Crippen LogP contribution in [0.15, 0.2) is 83.8 Å². The van der Waals surface area contributed by atoms with E-state index in [9.17, 15) is 9.59 Å². The maximum absolute atomic E-state index is 13.4. The first-order valence-corrected chi connectivity index (χ1v) is 12.3. The third-order valence-corrected chi connectivity index (χ3v) is 6.66. The van der Waals surface area contributed by atoms with Gasteiger partial charge >= 0.3 is 0 Å². The molecule has 1 unspecified atom stereocenters. The molecule has 33 heavy (non-hydrogen) atoms. The molecule has 0 saturated carbocycles. The number of aryl methyl sites for hydroxylation is 1. The highest BCUT2D eigenvalue weighted by Crippen LogP contribution is 2.22. The van der Waals surface area contributed by atoms with Crippen molar-refractivity contribution >= 4 is 35.2 Å². The molecular weight excluding hydrogens is 452 g/mol. The number of carbonyl (C=O) groups excluding carboxylic acids is 2. The molecule has 172 valence electrons. The molecule has 1 atom stereocenters. The van der Waals surface area contributed by atoms with Crippen LogP contribution in [-0.4, -0.2) is 35.6 Å². The van der Waals surface area contributed by atoms with Crippen molar-refractivity contribution in [3.8, 4) is 0 Å². The van der Waals surface area contributed by atoms with Gasteiger partial charge in [0.2, 0.25) is 11.8 Å². The summed E-state index contributed by atoms with van der Waals surface area (Å²) in [6.07, 6.45) is 0.796. The third-order valence-electron chi connectivity index (χ3n) is 5.39. The lowest BCUT2D eigenvalue weighted by molar-refractivity contribution is -0.140. The minimum Gasteiger partial charge on any atom is -0.357 e. The summed E-state index contributed by atoms with van der Waals surface area (Å²) in [5.74, 6) is 0.419. The second-order valence-electron chi connectivity index (χ2n) is 7.88. The van der Waals surface area contributed by atoms with Gasteiger partial charge < -0.3 is 10.2 Å². The van der Waals surface area contributed by atoms with Crippen molar-refractivity contribution in [3.63, 3.8) is 0 Å². The Balaban J connectivity index is 1.79. The number of halogens is 1. The molecule has 0 bridgehead atoms. The van der Waals surface area contributed by atoms with E-state index in [1.165, 1.54) is 0 Å². The van der Waals surface area contributed by atoms with Gasteiger partial charge in [0.05, 0.1) is 0 Å². The summed E-state index contributed by atoms with van der Waals surface area (Å²) in [6.45, 7) is 2.42. The number of thioether (sulfide) groups is 1. The van der Waals surface area contributed by atoms with Crippen molar-refractivity contribution < 1.29 is 9.59 Å². The van der Waals surface area contributed by atoms with E-state index in [4.69, 9.17) is 11.6 Å². The smallest absolute Gasteiger partial charge is 0.242 e. The summed E-state index contributed by atoms with van der Waals surface area (Å²) < 4.78 is 0. The summed E-state index contributed by atoms with van der Waals surface area (Å²) in [4.78, 5) is 29.1. The van der Waals surface area contributed by atoms with E-state index in [0.29, 0.717) is 30.2 Å². The molecule has 0 aromatic heterocycles. The highest BCUT2D eigenvalue weighted by atomic mass is 35.5. The first-order chi connectivity index (χ1) is 16.0. The summed E-state index contributed by atoms with van der Waals surface area (Å²) in [6, 6.07) is 24.9. The Morgan fingerprint density at radius 2 is 1.61 bits per heavy atom. The summed E-state index contributed by atoms with van der Waals surface area (Å²) in [5, 5.41) is 3.44. The minimum atomic E-state index is -0.591. The average Bonchev–Trinajstić information content (AvgIpc) is 2.83. The van der Waals surface area contributed by atoms with Gasteiger partial charge in [-0.2, -0.15) is 0 Å². The zero-order chi connectivity index (χ0) is 23.6. The van der Waals surface area contributed by atoms with Crippen LogP contribution >= 0.6 is 23.4 Å². The van der Waals surface area contributed by atoms with Crippen molar-refractivity contribution in [1.29, 1.82) is 0 Å². The molecule has 1 N–H and O–H groups in total. The molecule has 0 aliphatic heterocycles. The van der Waals surface area contributed by atoms with Gasteiger partial charge in [0.1, 0.15) is 6.04 Å². The standard InChI is InChI=1S/C27H29ClN2O2S/c1-20-8-10-22(11-9-20)19-30(25(27(32)29-2)18-21-6-4-3-5-7-21)26(31)16-17-33-24-14-12-23(28)13-15-24/h3-15,25H,16-19H2,1-2H3,(H,29,32). The molecular formula is C27H29ClN2O2S. The monoisotopic (exact) mass is 480 g/mol. The number of hydrogen-bond donors (Lipinski definition) is 1. The molecule has 3 rings (SSSR count). The van der Waals surface area contributed by atoms with Crippen LogP contribution in [-0.2, 0) is 22.6 Å². The highest BCUT2D eigenvalue weighted by Gasteiger charge is 2.29. The predicted molar refractivity (Wildman–Crippen MR) is 137 cm³/mol. The van der Waals surface area contributed by atoms with Crippen molar-refractivity contribution in [1.82, 2.24) is 10.2 Å². The predicted octanol–water partition coefficient (Wildman–Crippen LogP) is 5.52. The number of nitrogens with one attached hydrogen (secondary N) is 1. The molecule has 0 heterocycles. The van der Waals surface area contributed by atoms with E-state index in [1.807, 2.05) is 85.8 Å². The number of amides is 2. The Bertz CT molecular complexity index is 1040. The van der Waals surface area contributed by atoms with E-state index >= 15 is 0 Å². The van der Waals surface area contributed by atoms with Gasteiger partial charge in [-0.1, -0.05) is 71.8 Å². The molecule has 4 nitrogen and oxygen atoms in total. The van der Waals surface area contributed by atoms with Crippen molar-refractivity contribution in [2.24, 2.45) is 0 Å². The fraction of sp³-hybridized carbons (Fsp3) is 0.259. The lowest BCUT2D eigenvalue weighted by Gasteiger charge is -2.31. The lowest BCUT2D eigenvalue weighted by Crippen LogP contribution is -2.49. The first-order valence-electron chi connectivity index (χ1n) is 10.9. The Morgan fingerprint density at radius 1 is 0.939 bits per heavy atom. The third kappa shape index (κ3) is 7.65. The molecule has 0 fully saturated rings. The number of hydrogen-bond acceptors (Lipinski definition) is 3. The number of likely N-dealkylation sites (N-methyl/N-ethyl adjacent to an activating group) is 1. The number of rotatable bonds is 10. The van der Waals surface area contributed by atoms with Crippen LogP contribution in [0.5, 0.6) is 0 Å². The van der Waals surface area contributed by atoms with E-state index < -0.39 is 6.04 Å². The van der Waals surface area contributed by atoms with E-state index in [2.05, 4.69) is 5.32 Å². The Labute approximate surface area is 205 Å². The molecule has 6 heteroatoms. The van der Waals surface area contributed by atoms with Crippen molar-refractivity contribution in [3.05, 3.63) is 101 Å². The molecule has 0 spiro atoms. The zero-order valence-corrected chi connectivity index (χ0v) is 20.5. The average molecular weight is 481 g/mol. The molecule has 0 aliphatic carbocycles. The van der Waals surface area contributed by atoms with Crippen LogP contribution in [0.4, 0.5) is 0 Å². The van der Waals surface area contributed by atoms with Gasteiger partial charge in [0, 0.05) is 42.1 Å². The minimum absolute atomic E-state index is 0.0402. The fourth-order valence-corrected chi connectivity index (χ4v) is 4.51. The lowest BCUT2D eigenvalue weighted by atomic mass is 10.0. The summed E-state index contributed by atoms with van der Waals surface area (Å²) in [7, 11) is 1.62. The largest absolute Gasteiger partial charge is 0.357 e. The van der Waals surface area contributed by atoms with Crippen LogP contribution in [0, 0.1) is 6.92 Å². The van der Waals surface area contributed by atoms with Crippen LogP contribution in [0.3, 0.4) is 0 Å². The molecule has 3 aromatic rings. The molecule has 2 amide bonds. The van der Waals surface area contributed by atoms with Gasteiger partial charge in [-0.25, -0.2) is 0 Å². The number of carbonyl (C=O) groups is 2. The highest BCUT2D eigenvalue weighted by molar-refractivity contribution is 7.99. The summed E-state index contributed by atoms with van der Waals surface area (Å²) >= 11 is 7.57. The van der Waals surface area contributed by atoms with Gasteiger partial charge in [-0.05, 0) is 42.3 Å². The van der Waals surface area contributed by atoms with Crippen LogP contribution in [0.2, 0.25) is 5.02 Å². The summed E-state index contributed by atoms with van der Waals surface area (Å²) in [5.41, 5.74) is 3.17. The van der Waals surface area contributed by atoms with Crippen LogP contribution < -0.4 is 5.32 Å². The van der Waals surface area contributed by atoms with Gasteiger partial charge in [0.15, 0.2) is 0 Å². The van der Waals surface area contributed by atoms with Crippen LogP contribution in [0.25, 0.3) is 0 Å². The number of nitrogens with zero attached hydrogens (tertiary/aromatic N) is 1. The normalized spacial score (nSPS) is 11.6. The Hall–Kier alpha value is -2.76. The maximum atomic E-state index is 13.4. The van der Waals surface area contributed by atoms with E-state index in [-0.39, 0.29) is 11.8 Å². The van der Waals surface area contributed by atoms with Crippen LogP contribution in [0.1, 0.15) is 23.1 Å². The van der Waals surface area contributed by atoms with Gasteiger partial charge in [-0.3, -0.25) is 9.59 Å². The maximum Gasteiger partial charge on any atom is 0.242 e.